The van der Waals surface area contributed by atoms with Crippen LogP contribution in [0.25, 0.3) is 0 Å². The van der Waals surface area contributed by atoms with Gasteiger partial charge in [0.25, 0.3) is 0 Å². The van der Waals surface area contributed by atoms with E-state index in [1.54, 1.807) is 0 Å². The molecular weight excluding hydrogens is 180 g/mol. The van der Waals surface area contributed by atoms with Gasteiger partial charge in [-0.25, -0.2) is 4.79 Å². The average Bonchev–Trinajstić information content (AvgIpc) is 1.78. The lowest BCUT2D eigenvalue weighted by Gasteiger charge is -2.21. The normalized spacial score (nSPS) is 12.4. The van der Waals surface area contributed by atoms with Crippen LogP contribution in [0.5, 0.6) is 0 Å². The molecular formula is C10H22N2O2. The van der Waals surface area contributed by atoms with E-state index >= 15 is 0 Å². The smallest absolute Gasteiger partial charge is 0.407 e. The van der Waals surface area contributed by atoms with E-state index in [0.717, 1.165) is 0 Å². The van der Waals surface area contributed by atoms with Crippen LogP contribution >= 0.6 is 0 Å². The zero-order valence-corrected chi connectivity index (χ0v) is 9.81. The lowest BCUT2D eigenvalue weighted by atomic mass is 10.0. The summed E-state index contributed by atoms with van der Waals surface area (Å²) >= 11 is 0. The summed E-state index contributed by atoms with van der Waals surface area (Å²) in [7, 11) is 0. The fourth-order valence-electron chi connectivity index (χ4n) is 0.749. The van der Waals surface area contributed by atoms with Crippen molar-refractivity contribution in [3.63, 3.8) is 0 Å². The van der Waals surface area contributed by atoms with Crippen molar-refractivity contribution >= 4 is 6.09 Å². The molecule has 0 aliphatic rings. The van der Waals surface area contributed by atoms with Crippen molar-refractivity contribution in [1.29, 1.82) is 0 Å². The summed E-state index contributed by atoms with van der Waals surface area (Å²) in [5.41, 5.74) is 5.19. The summed E-state index contributed by atoms with van der Waals surface area (Å²) in [5.74, 6) is 0. The first-order valence-corrected chi connectivity index (χ1v) is 4.84. The molecule has 0 atom stereocenters. The minimum Gasteiger partial charge on any atom is -0.449 e. The highest BCUT2D eigenvalue weighted by molar-refractivity contribution is 5.67. The zero-order valence-electron chi connectivity index (χ0n) is 9.81. The first-order chi connectivity index (χ1) is 6.10. The number of hydrogen-bond donors (Lipinski definition) is 2. The minimum atomic E-state index is -0.387. The molecule has 84 valence electrons. The Bertz CT molecular complexity index is 189. The van der Waals surface area contributed by atoms with Crippen LogP contribution in [-0.4, -0.2) is 23.8 Å². The van der Waals surface area contributed by atoms with Crippen LogP contribution in [0.2, 0.25) is 0 Å². The largest absolute Gasteiger partial charge is 0.449 e. The standard InChI is InChI=1S/C10H22N2O2/c1-9(2,3)12-8(13)14-7-6-10(4,5)11/h6-7,11H2,1-5H3,(H,12,13). The number of alkyl carbamates (subject to hydrolysis) is 1. The van der Waals surface area contributed by atoms with Gasteiger partial charge in [0.2, 0.25) is 0 Å². The fraction of sp³-hybridized carbons (Fsp3) is 0.900. The molecule has 0 radical (unpaired) electrons. The van der Waals surface area contributed by atoms with Crippen LogP contribution in [0.3, 0.4) is 0 Å². The number of amides is 1. The van der Waals surface area contributed by atoms with Gasteiger partial charge in [0, 0.05) is 11.1 Å². The van der Waals surface area contributed by atoms with E-state index in [2.05, 4.69) is 5.32 Å². The Balaban J connectivity index is 3.66. The van der Waals surface area contributed by atoms with Crippen molar-refractivity contribution in [2.24, 2.45) is 5.73 Å². The Morgan fingerprint density at radius 3 is 2.14 bits per heavy atom. The summed E-state index contributed by atoms with van der Waals surface area (Å²) in [6.07, 6.45) is 0.270. The van der Waals surface area contributed by atoms with Gasteiger partial charge in [-0.05, 0) is 41.0 Å². The van der Waals surface area contributed by atoms with Crippen molar-refractivity contribution in [2.75, 3.05) is 6.61 Å². The molecule has 0 spiro atoms. The van der Waals surface area contributed by atoms with E-state index in [4.69, 9.17) is 10.5 Å². The Morgan fingerprint density at radius 2 is 1.79 bits per heavy atom. The summed E-state index contributed by atoms with van der Waals surface area (Å²) in [4.78, 5) is 11.2. The molecule has 4 heteroatoms. The van der Waals surface area contributed by atoms with Gasteiger partial charge in [-0.2, -0.15) is 0 Å². The Labute approximate surface area is 86.2 Å². The number of hydrogen-bond acceptors (Lipinski definition) is 3. The third-order valence-corrected chi connectivity index (χ3v) is 1.46. The highest BCUT2D eigenvalue weighted by Crippen LogP contribution is 2.04. The minimum absolute atomic E-state index is 0.255. The number of ether oxygens (including phenoxy) is 1. The highest BCUT2D eigenvalue weighted by Gasteiger charge is 2.16. The van der Waals surface area contributed by atoms with Gasteiger partial charge in [0.05, 0.1) is 6.61 Å². The van der Waals surface area contributed by atoms with Crippen LogP contribution in [0, 0.1) is 0 Å². The van der Waals surface area contributed by atoms with E-state index in [1.165, 1.54) is 0 Å². The van der Waals surface area contributed by atoms with Gasteiger partial charge in [0.15, 0.2) is 0 Å². The number of carbonyl (C=O) groups excluding carboxylic acids is 1. The van der Waals surface area contributed by atoms with Crippen LogP contribution in [0.1, 0.15) is 41.0 Å². The van der Waals surface area contributed by atoms with E-state index in [-0.39, 0.29) is 17.2 Å². The lowest BCUT2D eigenvalue weighted by molar-refractivity contribution is 0.130. The van der Waals surface area contributed by atoms with Crippen molar-refractivity contribution in [2.45, 2.75) is 52.1 Å². The predicted molar refractivity (Wildman–Crippen MR) is 57.1 cm³/mol. The second kappa shape index (κ2) is 4.64. The van der Waals surface area contributed by atoms with Gasteiger partial charge in [0.1, 0.15) is 0 Å². The molecule has 0 unspecified atom stereocenters. The third kappa shape index (κ3) is 9.32. The van der Waals surface area contributed by atoms with Crippen molar-refractivity contribution in [3.8, 4) is 0 Å². The molecule has 0 aliphatic carbocycles. The number of rotatable bonds is 3. The first-order valence-electron chi connectivity index (χ1n) is 4.84. The van der Waals surface area contributed by atoms with E-state index in [9.17, 15) is 4.79 Å². The Kier molecular flexibility index (Phi) is 4.39. The first kappa shape index (κ1) is 13.2. The molecule has 0 aliphatic heterocycles. The van der Waals surface area contributed by atoms with Gasteiger partial charge in [-0.3, -0.25) is 0 Å². The molecule has 4 nitrogen and oxygen atoms in total. The molecule has 0 rings (SSSR count). The van der Waals surface area contributed by atoms with Crippen molar-refractivity contribution in [1.82, 2.24) is 5.32 Å². The fourth-order valence-corrected chi connectivity index (χ4v) is 0.749. The summed E-state index contributed by atoms with van der Waals surface area (Å²) in [6, 6.07) is 0. The molecule has 14 heavy (non-hydrogen) atoms. The number of nitrogens with two attached hydrogens (primary N) is 1. The lowest BCUT2D eigenvalue weighted by Crippen LogP contribution is -2.41. The van der Waals surface area contributed by atoms with Crippen LogP contribution in [0.4, 0.5) is 4.79 Å². The van der Waals surface area contributed by atoms with Gasteiger partial charge < -0.3 is 15.8 Å². The van der Waals surface area contributed by atoms with Crippen molar-refractivity contribution in [3.05, 3.63) is 0 Å². The Morgan fingerprint density at radius 1 is 1.29 bits per heavy atom. The molecule has 3 N–H and O–H groups in total. The predicted octanol–water partition coefficient (Wildman–Crippen LogP) is 1.64. The number of carbonyl (C=O) groups is 1. The highest BCUT2D eigenvalue weighted by atomic mass is 16.5. The molecule has 0 heterocycles. The number of nitrogens with one attached hydrogen (secondary N) is 1. The second-order valence-corrected chi connectivity index (χ2v) is 5.25. The topological polar surface area (TPSA) is 64.3 Å². The van der Waals surface area contributed by atoms with Gasteiger partial charge in [-0.1, -0.05) is 0 Å². The molecule has 0 aromatic rings. The summed E-state index contributed by atoms with van der Waals surface area (Å²) < 4.78 is 4.96. The third-order valence-electron chi connectivity index (χ3n) is 1.46. The molecule has 0 fully saturated rings. The van der Waals surface area contributed by atoms with Crippen molar-refractivity contribution < 1.29 is 9.53 Å². The monoisotopic (exact) mass is 202 g/mol. The quantitative estimate of drug-likeness (QED) is 0.731. The van der Waals surface area contributed by atoms with Gasteiger partial charge >= 0.3 is 6.09 Å². The molecule has 0 bridgehead atoms. The Hall–Kier alpha value is -0.770. The second-order valence-electron chi connectivity index (χ2n) is 5.25. The molecule has 0 saturated carbocycles. The average molecular weight is 202 g/mol. The molecule has 0 aromatic carbocycles. The molecule has 0 saturated heterocycles. The maximum absolute atomic E-state index is 11.2. The van der Waals surface area contributed by atoms with Crippen LogP contribution < -0.4 is 11.1 Å². The van der Waals surface area contributed by atoms with E-state index < -0.39 is 0 Å². The molecule has 1 amide bonds. The van der Waals surface area contributed by atoms with Crippen LogP contribution in [-0.2, 0) is 4.74 Å². The maximum Gasteiger partial charge on any atom is 0.407 e. The SMILES string of the molecule is CC(C)(N)CCOC(=O)NC(C)(C)C. The molecule has 0 aromatic heterocycles. The maximum atomic E-state index is 11.2. The van der Waals surface area contributed by atoms with E-state index in [1.807, 2.05) is 34.6 Å². The van der Waals surface area contributed by atoms with Gasteiger partial charge in [-0.15, -0.1) is 0 Å². The summed E-state index contributed by atoms with van der Waals surface area (Å²) in [6.45, 7) is 9.87. The zero-order chi connectivity index (χ0) is 11.4. The summed E-state index contributed by atoms with van der Waals surface area (Å²) in [5, 5.41) is 2.70. The van der Waals surface area contributed by atoms with Crippen LogP contribution in [0.15, 0.2) is 0 Å². The van der Waals surface area contributed by atoms with E-state index in [0.29, 0.717) is 13.0 Å².